The molecular weight excluding hydrogens is 306 g/mol. The van der Waals surface area contributed by atoms with Crippen LogP contribution in [0.5, 0.6) is 0 Å². The average molecular weight is 327 g/mol. The van der Waals surface area contributed by atoms with E-state index in [9.17, 15) is 14.4 Å². The number of nitrogens with zero attached hydrogens (tertiary/aromatic N) is 1. The second kappa shape index (κ2) is 6.70. The fourth-order valence-electron chi connectivity index (χ4n) is 2.76. The van der Waals surface area contributed by atoms with Crippen molar-refractivity contribution in [3.63, 3.8) is 0 Å². The van der Waals surface area contributed by atoms with Crippen molar-refractivity contribution in [3.8, 4) is 0 Å². The molecule has 6 nitrogen and oxygen atoms in total. The van der Waals surface area contributed by atoms with Crippen LogP contribution in [0.4, 0.5) is 5.69 Å². The summed E-state index contributed by atoms with van der Waals surface area (Å²) in [6, 6.07) is 7.38. The van der Waals surface area contributed by atoms with Crippen molar-refractivity contribution in [1.82, 2.24) is 4.57 Å². The number of anilines is 1. The van der Waals surface area contributed by atoms with Gasteiger partial charge in [-0.3, -0.25) is 14.4 Å². The molecule has 0 aliphatic heterocycles. The Hall–Kier alpha value is -2.89. The summed E-state index contributed by atoms with van der Waals surface area (Å²) in [6.45, 7) is 6.98. The maximum absolute atomic E-state index is 12.5. The second-order valence-corrected chi connectivity index (χ2v) is 5.91. The molecule has 0 atom stereocenters. The number of primary amides is 1. The van der Waals surface area contributed by atoms with Crippen molar-refractivity contribution >= 4 is 17.5 Å². The van der Waals surface area contributed by atoms with Crippen molar-refractivity contribution in [2.24, 2.45) is 5.73 Å². The van der Waals surface area contributed by atoms with Crippen molar-refractivity contribution in [2.75, 3.05) is 5.32 Å². The van der Waals surface area contributed by atoms with Gasteiger partial charge < -0.3 is 15.6 Å². The molecule has 6 heteroatoms. The quantitative estimate of drug-likeness (QED) is 0.897. The van der Waals surface area contributed by atoms with E-state index in [1.165, 1.54) is 4.57 Å². The summed E-state index contributed by atoms with van der Waals surface area (Å²) in [6.07, 6.45) is 0. The third-order valence-corrected chi connectivity index (χ3v) is 4.00. The smallest absolute Gasteiger partial charge is 0.264 e. The Labute approximate surface area is 140 Å². The van der Waals surface area contributed by atoms with E-state index >= 15 is 0 Å². The summed E-state index contributed by atoms with van der Waals surface area (Å²) in [4.78, 5) is 36.3. The zero-order valence-corrected chi connectivity index (χ0v) is 14.3. The number of pyridine rings is 1. The summed E-state index contributed by atoms with van der Waals surface area (Å²) in [5, 5.41) is 2.83. The van der Waals surface area contributed by atoms with E-state index < -0.39 is 11.5 Å². The number of nitrogens with one attached hydrogen (secondary N) is 1. The number of aromatic nitrogens is 1. The predicted octanol–water partition coefficient (Wildman–Crippen LogP) is 1.82. The van der Waals surface area contributed by atoms with Crippen LogP contribution >= 0.6 is 0 Å². The molecule has 126 valence electrons. The molecule has 0 aliphatic rings. The number of aryl methyl sites for hydroxylation is 4. The van der Waals surface area contributed by atoms with Crippen LogP contribution in [0.2, 0.25) is 0 Å². The maximum atomic E-state index is 12.5. The van der Waals surface area contributed by atoms with E-state index in [2.05, 4.69) is 5.32 Å². The summed E-state index contributed by atoms with van der Waals surface area (Å²) in [5.74, 6) is -1.13. The van der Waals surface area contributed by atoms with Crippen LogP contribution in [0.25, 0.3) is 0 Å². The number of carbonyl (C=O) groups is 2. The Morgan fingerprint density at radius 2 is 1.67 bits per heavy atom. The normalized spacial score (nSPS) is 10.5. The van der Waals surface area contributed by atoms with Crippen molar-refractivity contribution < 1.29 is 9.59 Å². The zero-order chi connectivity index (χ0) is 18.0. The number of para-hydroxylation sites is 1. The van der Waals surface area contributed by atoms with Crippen LogP contribution in [0.15, 0.2) is 29.1 Å². The van der Waals surface area contributed by atoms with Gasteiger partial charge in [0, 0.05) is 11.4 Å². The van der Waals surface area contributed by atoms with Gasteiger partial charge in [-0.25, -0.2) is 0 Å². The van der Waals surface area contributed by atoms with E-state index in [-0.39, 0.29) is 18.0 Å². The van der Waals surface area contributed by atoms with Gasteiger partial charge in [-0.2, -0.15) is 0 Å². The number of hydrogen-bond donors (Lipinski definition) is 2. The van der Waals surface area contributed by atoms with Gasteiger partial charge in [0.15, 0.2) is 0 Å². The predicted molar refractivity (Wildman–Crippen MR) is 93.2 cm³/mol. The Morgan fingerprint density at radius 1 is 1.08 bits per heavy atom. The van der Waals surface area contributed by atoms with Gasteiger partial charge >= 0.3 is 0 Å². The number of rotatable bonds is 4. The van der Waals surface area contributed by atoms with Gasteiger partial charge in [0.25, 0.3) is 11.5 Å². The molecule has 0 bridgehead atoms. The highest BCUT2D eigenvalue weighted by molar-refractivity contribution is 5.94. The molecule has 1 aromatic heterocycles. The van der Waals surface area contributed by atoms with Gasteiger partial charge in [0.05, 0.1) is 0 Å². The van der Waals surface area contributed by atoms with Crippen molar-refractivity contribution in [1.29, 1.82) is 0 Å². The molecule has 0 fully saturated rings. The van der Waals surface area contributed by atoms with Crippen LogP contribution in [-0.4, -0.2) is 16.4 Å². The van der Waals surface area contributed by atoms with Crippen LogP contribution in [0.1, 0.15) is 32.7 Å². The Balaban J connectivity index is 2.35. The SMILES string of the molecule is Cc1cccc(C)c1NC(=O)Cn1c(C)cc(C)c(C(N)=O)c1=O. The van der Waals surface area contributed by atoms with Gasteiger partial charge in [-0.1, -0.05) is 18.2 Å². The summed E-state index contributed by atoms with van der Waals surface area (Å²) >= 11 is 0. The highest BCUT2D eigenvalue weighted by Gasteiger charge is 2.17. The van der Waals surface area contributed by atoms with Crippen molar-refractivity contribution in [3.05, 3.63) is 62.6 Å². The van der Waals surface area contributed by atoms with Crippen LogP contribution in [0, 0.1) is 27.7 Å². The molecule has 0 saturated carbocycles. The topological polar surface area (TPSA) is 94.2 Å². The lowest BCUT2D eigenvalue weighted by atomic mass is 10.1. The van der Waals surface area contributed by atoms with Crippen LogP contribution in [0.3, 0.4) is 0 Å². The third-order valence-electron chi connectivity index (χ3n) is 4.00. The number of carbonyl (C=O) groups excluding carboxylic acids is 2. The largest absolute Gasteiger partial charge is 0.365 e. The van der Waals surface area contributed by atoms with E-state index in [4.69, 9.17) is 5.73 Å². The average Bonchev–Trinajstić information content (AvgIpc) is 2.47. The third kappa shape index (κ3) is 3.37. The molecule has 0 spiro atoms. The molecule has 0 unspecified atom stereocenters. The number of benzene rings is 1. The zero-order valence-electron chi connectivity index (χ0n) is 14.3. The Kier molecular flexibility index (Phi) is 4.87. The van der Waals surface area contributed by atoms with Gasteiger partial charge in [0.1, 0.15) is 12.1 Å². The van der Waals surface area contributed by atoms with E-state index in [0.29, 0.717) is 11.3 Å². The Bertz CT molecular complexity index is 862. The lowest BCUT2D eigenvalue weighted by molar-refractivity contribution is -0.116. The van der Waals surface area contributed by atoms with E-state index in [0.717, 1.165) is 16.8 Å². The molecule has 1 heterocycles. The summed E-state index contributed by atoms with van der Waals surface area (Å²) in [5.41, 5.74) is 8.36. The number of nitrogens with two attached hydrogens (primary N) is 1. The molecule has 0 saturated heterocycles. The highest BCUT2D eigenvalue weighted by atomic mass is 16.2. The minimum Gasteiger partial charge on any atom is -0.365 e. The lowest BCUT2D eigenvalue weighted by Crippen LogP contribution is -2.35. The molecule has 2 amide bonds. The first kappa shape index (κ1) is 17.5. The van der Waals surface area contributed by atoms with Gasteiger partial charge in [-0.15, -0.1) is 0 Å². The monoisotopic (exact) mass is 327 g/mol. The standard InChI is InChI=1S/C18H21N3O3/c1-10-6-5-7-11(2)16(10)20-14(22)9-21-13(4)8-12(3)15(17(19)23)18(21)24/h5-8H,9H2,1-4H3,(H2,19,23)(H,20,22). The van der Waals surface area contributed by atoms with Crippen LogP contribution in [-0.2, 0) is 11.3 Å². The molecule has 24 heavy (non-hydrogen) atoms. The van der Waals surface area contributed by atoms with Crippen LogP contribution < -0.4 is 16.6 Å². The first-order valence-corrected chi connectivity index (χ1v) is 7.59. The number of hydrogen-bond acceptors (Lipinski definition) is 3. The minimum absolute atomic E-state index is 0.0829. The summed E-state index contributed by atoms with van der Waals surface area (Å²) < 4.78 is 1.26. The fourth-order valence-corrected chi connectivity index (χ4v) is 2.76. The molecule has 3 N–H and O–H groups in total. The van der Waals surface area contributed by atoms with E-state index in [1.807, 2.05) is 32.0 Å². The molecule has 0 radical (unpaired) electrons. The maximum Gasteiger partial charge on any atom is 0.264 e. The molecule has 1 aromatic carbocycles. The Morgan fingerprint density at radius 3 is 2.21 bits per heavy atom. The van der Waals surface area contributed by atoms with Gasteiger partial charge in [-0.05, 0) is 50.5 Å². The van der Waals surface area contributed by atoms with Gasteiger partial charge in [0.2, 0.25) is 5.91 Å². The van der Waals surface area contributed by atoms with E-state index in [1.54, 1.807) is 19.9 Å². The molecular formula is C18H21N3O3. The fraction of sp³-hybridized carbons (Fsp3) is 0.278. The minimum atomic E-state index is -0.790. The highest BCUT2D eigenvalue weighted by Crippen LogP contribution is 2.19. The molecule has 2 rings (SSSR count). The first-order valence-electron chi connectivity index (χ1n) is 7.59. The molecule has 2 aromatic rings. The number of amides is 2. The molecule has 0 aliphatic carbocycles. The first-order chi connectivity index (χ1) is 11.2. The lowest BCUT2D eigenvalue weighted by Gasteiger charge is -2.15. The summed E-state index contributed by atoms with van der Waals surface area (Å²) in [7, 11) is 0. The van der Waals surface area contributed by atoms with Crippen molar-refractivity contribution in [2.45, 2.75) is 34.2 Å². The second-order valence-electron chi connectivity index (χ2n) is 5.91.